The Bertz CT molecular complexity index is 1130. The smallest absolute Gasteiger partial charge is 0.434 e. The van der Waals surface area contributed by atoms with Gasteiger partial charge in [0.15, 0.2) is 5.75 Å². The van der Waals surface area contributed by atoms with Crippen LogP contribution in [0.25, 0.3) is 0 Å². The van der Waals surface area contributed by atoms with Crippen LogP contribution in [0.2, 0.25) is 10.0 Å². The highest BCUT2D eigenvalue weighted by Gasteiger charge is 2.17. The molecule has 1 atom stereocenters. The van der Waals surface area contributed by atoms with Crippen LogP contribution in [0.3, 0.4) is 0 Å². The number of nitrogens with zero attached hydrogens (tertiary/aromatic N) is 2. The summed E-state index contributed by atoms with van der Waals surface area (Å²) in [6, 6.07) is 3.91. The summed E-state index contributed by atoms with van der Waals surface area (Å²) < 4.78 is 9.74. The first-order valence-corrected chi connectivity index (χ1v) is 8.32. The van der Waals surface area contributed by atoms with Crippen molar-refractivity contribution in [1.82, 2.24) is 20.3 Å². The Morgan fingerprint density at radius 3 is 2.54 bits per heavy atom. The van der Waals surface area contributed by atoms with Gasteiger partial charge in [-0.1, -0.05) is 23.2 Å². The molecule has 11 nitrogen and oxygen atoms in total. The number of benzene rings is 1. The Morgan fingerprint density at radius 1 is 1.29 bits per heavy atom. The van der Waals surface area contributed by atoms with E-state index in [0.29, 0.717) is 0 Å². The van der Waals surface area contributed by atoms with E-state index < -0.39 is 23.3 Å². The summed E-state index contributed by atoms with van der Waals surface area (Å²) in [5, 5.41) is 21.2. The molecule has 28 heavy (non-hydrogen) atoms. The molecule has 3 aromatic rings. The van der Waals surface area contributed by atoms with Crippen molar-refractivity contribution in [3.63, 3.8) is 0 Å². The van der Waals surface area contributed by atoms with E-state index in [2.05, 4.69) is 30.2 Å². The average Bonchev–Trinajstić information content (AvgIpc) is 3.06. The number of carbonyl (C=O) groups is 1. The second-order valence-corrected chi connectivity index (χ2v) is 6.25. The van der Waals surface area contributed by atoms with Crippen molar-refractivity contribution in [2.24, 2.45) is 0 Å². The molecule has 0 radical (unpaired) electrons. The molecule has 4 N–H and O–H groups in total. The minimum absolute atomic E-state index is 0.00673. The van der Waals surface area contributed by atoms with Gasteiger partial charge < -0.3 is 15.2 Å². The summed E-state index contributed by atoms with van der Waals surface area (Å²) in [6.45, 7) is 1.41. The molecule has 2 heterocycles. The summed E-state index contributed by atoms with van der Waals surface area (Å²) >= 11 is 12.3. The summed E-state index contributed by atoms with van der Waals surface area (Å²) in [4.78, 5) is 36.6. The SMILES string of the molecule is C[C@@H](O)c1cc(Oc2c(Cl)cc(NC(=O)c3noc(=O)[nH]3)cc2Cl)n[nH]c1=O. The quantitative estimate of drug-likeness (QED) is 0.478. The highest BCUT2D eigenvalue weighted by Crippen LogP contribution is 2.38. The fraction of sp³-hybridized carbons (Fsp3) is 0.133. The maximum atomic E-state index is 12.0. The van der Waals surface area contributed by atoms with E-state index in [4.69, 9.17) is 27.9 Å². The van der Waals surface area contributed by atoms with E-state index in [-0.39, 0.29) is 38.8 Å². The first kappa shape index (κ1) is 19.6. The Kier molecular flexibility index (Phi) is 5.49. The molecular weight excluding hydrogens is 417 g/mol. The minimum Gasteiger partial charge on any atom is -0.434 e. The summed E-state index contributed by atoms with van der Waals surface area (Å²) in [7, 11) is 0. The summed E-state index contributed by atoms with van der Waals surface area (Å²) in [5.74, 6) is -2.02. The average molecular weight is 428 g/mol. The van der Waals surface area contributed by atoms with Gasteiger partial charge in [0.2, 0.25) is 11.7 Å². The number of H-pyrrole nitrogens is 2. The molecule has 0 aliphatic heterocycles. The zero-order chi connectivity index (χ0) is 20.4. The lowest BCUT2D eigenvalue weighted by molar-refractivity contribution is 0.101. The van der Waals surface area contributed by atoms with E-state index in [0.717, 1.165) is 0 Å². The van der Waals surface area contributed by atoms with Gasteiger partial charge in [-0.05, 0) is 24.2 Å². The molecule has 0 aliphatic carbocycles. The van der Waals surface area contributed by atoms with E-state index in [1.54, 1.807) is 0 Å². The van der Waals surface area contributed by atoms with Gasteiger partial charge in [-0.15, -0.1) is 5.10 Å². The topological polar surface area (TPSA) is 163 Å². The first-order chi connectivity index (χ1) is 13.2. The second-order valence-electron chi connectivity index (χ2n) is 5.44. The maximum absolute atomic E-state index is 12.0. The van der Waals surface area contributed by atoms with Gasteiger partial charge in [-0.25, -0.2) is 9.89 Å². The number of hydrogen-bond donors (Lipinski definition) is 4. The molecular formula is C15H11Cl2N5O6. The van der Waals surface area contributed by atoms with Gasteiger partial charge in [0.25, 0.3) is 11.5 Å². The van der Waals surface area contributed by atoms with Crippen molar-refractivity contribution in [2.45, 2.75) is 13.0 Å². The Balaban J connectivity index is 1.84. The lowest BCUT2D eigenvalue weighted by Crippen LogP contribution is -2.16. The number of carbonyl (C=O) groups excluding carboxylic acids is 1. The molecule has 0 saturated carbocycles. The van der Waals surface area contributed by atoms with Gasteiger partial charge in [-0.2, -0.15) is 0 Å². The van der Waals surface area contributed by atoms with Crippen LogP contribution in [0.5, 0.6) is 11.6 Å². The molecule has 2 aromatic heterocycles. The maximum Gasteiger partial charge on any atom is 0.439 e. The zero-order valence-corrected chi connectivity index (χ0v) is 15.5. The highest BCUT2D eigenvalue weighted by molar-refractivity contribution is 6.37. The number of amides is 1. The van der Waals surface area contributed by atoms with Crippen LogP contribution < -0.4 is 21.4 Å². The van der Waals surface area contributed by atoms with Crippen LogP contribution in [0, 0.1) is 0 Å². The molecule has 13 heteroatoms. The molecule has 1 aromatic carbocycles. The van der Waals surface area contributed by atoms with Crippen molar-refractivity contribution in [3.05, 3.63) is 60.5 Å². The van der Waals surface area contributed by atoms with Crippen molar-refractivity contribution >= 4 is 34.8 Å². The molecule has 0 bridgehead atoms. The van der Waals surface area contributed by atoms with Crippen LogP contribution in [-0.4, -0.2) is 31.4 Å². The molecule has 0 saturated heterocycles. The van der Waals surface area contributed by atoms with E-state index in [9.17, 15) is 19.5 Å². The van der Waals surface area contributed by atoms with Gasteiger partial charge in [0.05, 0.1) is 21.7 Å². The number of aromatic nitrogens is 4. The molecule has 0 unspecified atom stereocenters. The van der Waals surface area contributed by atoms with E-state index in [1.807, 2.05) is 0 Å². The molecule has 146 valence electrons. The Hall–Kier alpha value is -3.15. The van der Waals surface area contributed by atoms with Gasteiger partial charge in [0.1, 0.15) is 0 Å². The van der Waals surface area contributed by atoms with Gasteiger partial charge in [-0.3, -0.25) is 19.1 Å². The van der Waals surface area contributed by atoms with Crippen molar-refractivity contribution in [2.75, 3.05) is 5.32 Å². The molecule has 1 amide bonds. The fourth-order valence-electron chi connectivity index (χ4n) is 2.12. The fourth-order valence-corrected chi connectivity index (χ4v) is 2.68. The number of aliphatic hydroxyl groups excluding tert-OH is 1. The van der Waals surface area contributed by atoms with Gasteiger partial charge >= 0.3 is 5.76 Å². The van der Waals surface area contributed by atoms with Crippen LogP contribution in [0.15, 0.2) is 32.3 Å². The normalized spacial score (nSPS) is 11.9. The lowest BCUT2D eigenvalue weighted by Gasteiger charge is -2.12. The van der Waals surface area contributed by atoms with Crippen LogP contribution in [-0.2, 0) is 0 Å². The van der Waals surface area contributed by atoms with Crippen LogP contribution >= 0.6 is 23.2 Å². The van der Waals surface area contributed by atoms with Gasteiger partial charge in [0, 0.05) is 11.8 Å². The standard InChI is InChI=1S/C15H11Cl2N5O6/c1-5(23)7-4-10(20-21-13(7)24)27-11-8(16)2-6(3-9(11)17)18-14(25)12-19-15(26)28-22-12/h2-5,23H,1H3,(H,18,25)(H,21,24)(H,19,22,26)/t5-/m1/s1. The Morgan fingerprint density at radius 2 is 1.96 bits per heavy atom. The lowest BCUT2D eigenvalue weighted by atomic mass is 10.2. The summed E-state index contributed by atoms with van der Waals surface area (Å²) in [5.41, 5.74) is -0.332. The first-order valence-electron chi connectivity index (χ1n) is 7.56. The van der Waals surface area contributed by atoms with Crippen molar-refractivity contribution in [3.8, 4) is 11.6 Å². The van der Waals surface area contributed by atoms with Crippen LogP contribution in [0.4, 0.5) is 5.69 Å². The third kappa shape index (κ3) is 4.22. The van der Waals surface area contributed by atoms with Crippen LogP contribution in [0.1, 0.15) is 29.2 Å². The number of aromatic amines is 2. The zero-order valence-electron chi connectivity index (χ0n) is 13.9. The van der Waals surface area contributed by atoms with E-state index >= 15 is 0 Å². The minimum atomic E-state index is -1.04. The van der Waals surface area contributed by atoms with Crippen molar-refractivity contribution in [1.29, 1.82) is 0 Å². The predicted octanol–water partition coefficient (Wildman–Crippen LogP) is 1.85. The third-order valence-electron chi connectivity index (χ3n) is 3.38. The molecule has 0 aliphatic rings. The van der Waals surface area contributed by atoms with Crippen molar-refractivity contribution < 1.29 is 19.2 Å². The molecule has 0 fully saturated rings. The van der Waals surface area contributed by atoms with E-state index in [1.165, 1.54) is 25.1 Å². The second kappa shape index (κ2) is 7.84. The third-order valence-corrected chi connectivity index (χ3v) is 3.94. The Labute approximate surface area is 165 Å². The number of hydrogen-bond acceptors (Lipinski definition) is 8. The molecule has 3 rings (SSSR count). The highest BCUT2D eigenvalue weighted by atomic mass is 35.5. The number of halogens is 2. The molecule has 0 spiro atoms. The number of anilines is 1. The number of nitrogens with one attached hydrogen (secondary N) is 3. The monoisotopic (exact) mass is 427 g/mol. The number of ether oxygens (including phenoxy) is 1. The number of rotatable bonds is 5. The number of aliphatic hydroxyl groups is 1. The summed E-state index contributed by atoms with van der Waals surface area (Å²) in [6.07, 6.45) is -1.04. The predicted molar refractivity (Wildman–Crippen MR) is 97.1 cm³/mol. The largest absolute Gasteiger partial charge is 0.439 e.